The second kappa shape index (κ2) is 8.54. The Balaban J connectivity index is 1.37. The van der Waals surface area contributed by atoms with Crippen LogP contribution >= 0.6 is 11.8 Å². The van der Waals surface area contributed by atoms with Crippen LogP contribution in [0.5, 0.6) is 0 Å². The van der Waals surface area contributed by atoms with E-state index in [9.17, 15) is 4.79 Å². The molecule has 1 aromatic carbocycles. The number of thioether (sulfide) groups is 1. The van der Waals surface area contributed by atoms with E-state index in [1.165, 1.54) is 10.5 Å². The quantitative estimate of drug-likeness (QED) is 0.742. The molecule has 0 atom stereocenters. The van der Waals surface area contributed by atoms with Gasteiger partial charge in [0.25, 0.3) is 0 Å². The standard InChI is InChI=1S/C19H25N3O2S/c1-15-3-5-18(6-4-15)25-12-7-19(23)22-10-8-21(9-11-22)14-17-13-16(2)20-24-17/h3-6,13H,7-12,14H2,1-2H3. The maximum atomic E-state index is 12.4. The maximum absolute atomic E-state index is 12.4. The molecule has 5 nitrogen and oxygen atoms in total. The van der Waals surface area contributed by atoms with Crippen LogP contribution in [0.3, 0.4) is 0 Å². The van der Waals surface area contributed by atoms with Gasteiger partial charge in [0.05, 0.1) is 12.2 Å². The van der Waals surface area contributed by atoms with Gasteiger partial charge in [-0.2, -0.15) is 0 Å². The molecule has 2 heterocycles. The van der Waals surface area contributed by atoms with E-state index in [-0.39, 0.29) is 5.91 Å². The fraction of sp³-hybridized carbons (Fsp3) is 0.474. The molecular formula is C19H25N3O2S. The summed E-state index contributed by atoms with van der Waals surface area (Å²) in [6.07, 6.45) is 0.597. The fourth-order valence-corrected chi connectivity index (χ4v) is 3.76. The molecule has 1 aliphatic heterocycles. The predicted octanol–water partition coefficient (Wildman–Crippen LogP) is 3.12. The minimum Gasteiger partial charge on any atom is -0.360 e. The summed E-state index contributed by atoms with van der Waals surface area (Å²) in [6, 6.07) is 10.4. The van der Waals surface area contributed by atoms with Crippen LogP contribution in [0.25, 0.3) is 0 Å². The van der Waals surface area contributed by atoms with Crippen molar-refractivity contribution in [1.82, 2.24) is 15.0 Å². The highest BCUT2D eigenvalue weighted by atomic mass is 32.2. The molecule has 1 aliphatic rings. The van der Waals surface area contributed by atoms with Gasteiger partial charge in [-0.1, -0.05) is 22.9 Å². The highest BCUT2D eigenvalue weighted by molar-refractivity contribution is 7.99. The summed E-state index contributed by atoms with van der Waals surface area (Å²) >= 11 is 1.75. The lowest BCUT2D eigenvalue weighted by Gasteiger charge is -2.34. The summed E-state index contributed by atoms with van der Waals surface area (Å²) in [4.78, 5) is 17.9. The summed E-state index contributed by atoms with van der Waals surface area (Å²) in [5.74, 6) is 1.99. The summed E-state index contributed by atoms with van der Waals surface area (Å²) in [5.41, 5.74) is 2.17. The zero-order chi connectivity index (χ0) is 17.6. The number of nitrogens with zero attached hydrogens (tertiary/aromatic N) is 3. The van der Waals surface area contributed by atoms with Crippen molar-refractivity contribution < 1.29 is 9.32 Å². The molecule has 2 aromatic rings. The second-order valence-electron chi connectivity index (χ2n) is 6.50. The normalized spacial score (nSPS) is 15.5. The number of hydrogen-bond donors (Lipinski definition) is 0. The van der Waals surface area contributed by atoms with Gasteiger partial charge in [0.15, 0.2) is 5.76 Å². The van der Waals surface area contributed by atoms with Crippen molar-refractivity contribution in [3.8, 4) is 0 Å². The molecule has 25 heavy (non-hydrogen) atoms. The van der Waals surface area contributed by atoms with E-state index in [0.29, 0.717) is 6.42 Å². The molecule has 134 valence electrons. The highest BCUT2D eigenvalue weighted by Crippen LogP contribution is 2.19. The minimum absolute atomic E-state index is 0.259. The Labute approximate surface area is 153 Å². The molecule has 0 aliphatic carbocycles. The molecule has 1 saturated heterocycles. The average molecular weight is 359 g/mol. The van der Waals surface area contributed by atoms with Crippen molar-refractivity contribution in [2.45, 2.75) is 31.7 Å². The first kappa shape index (κ1) is 18.0. The number of carbonyl (C=O) groups is 1. The Hall–Kier alpha value is -1.79. The molecule has 0 N–H and O–H groups in total. The molecule has 0 unspecified atom stereocenters. The van der Waals surface area contributed by atoms with Gasteiger partial charge >= 0.3 is 0 Å². The molecule has 1 aromatic heterocycles. The SMILES string of the molecule is Cc1ccc(SCCC(=O)N2CCN(Cc3cc(C)no3)CC2)cc1. The van der Waals surface area contributed by atoms with Crippen LogP contribution in [0.1, 0.15) is 23.4 Å². The van der Waals surface area contributed by atoms with Crippen LogP contribution < -0.4 is 0 Å². The zero-order valence-electron chi connectivity index (χ0n) is 14.9. The second-order valence-corrected chi connectivity index (χ2v) is 7.67. The van der Waals surface area contributed by atoms with Crippen LogP contribution in [-0.4, -0.2) is 52.8 Å². The monoisotopic (exact) mass is 359 g/mol. The molecule has 6 heteroatoms. The van der Waals surface area contributed by atoms with Crippen LogP contribution in [0.2, 0.25) is 0 Å². The summed E-state index contributed by atoms with van der Waals surface area (Å²) in [6.45, 7) is 8.14. The van der Waals surface area contributed by atoms with Crippen molar-refractivity contribution in [3.63, 3.8) is 0 Å². The zero-order valence-corrected chi connectivity index (χ0v) is 15.7. The van der Waals surface area contributed by atoms with Crippen LogP contribution in [0, 0.1) is 13.8 Å². The van der Waals surface area contributed by atoms with E-state index < -0.39 is 0 Å². The van der Waals surface area contributed by atoms with Crippen molar-refractivity contribution in [2.24, 2.45) is 0 Å². The average Bonchev–Trinajstić information content (AvgIpc) is 3.02. The molecule has 1 amide bonds. The lowest BCUT2D eigenvalue weighted by molar-refractivity contribution is -0.132. The Kier molecular flexibility index (Phi) is 6.15. The first-order valence-electron chi connectivity index (χ1n) is 8.72. The van der Waals surface area contributed by atoms with E-state index >= 15 is 0 Å². The number of benzene rings is 1. The minimum atomic E-state index is 0.259. The van der Waals surface area contributed by atoms with E-state index in [4.69, 9.17) is 4.52 Å². The Morgan fingerprint density at radius 2 is 1.88 bits per heavy atom. The molecular weight excluding hydrogens is 334 g/mol. The van der Waals surface area contributed by atoms with Gasteiger partial charge in [-0.25, -0.2) is 0 Å². The van der Waals surface area contributed by atoms with E-state index in [2.05, 4.69) is 41.2 Å². The topological polar surface area (TPSA) is 49.6 Å². The van der Waals surface area contributed by atoms with Gasteiger partial charge in [-0.3, -0.25) is 9.69 Å². The molecule has 0 bridgehead atoms. The number of amides is 1. The smallest absolute Gasteiger partial charge is 0.223 e. The molecule has 0 spiro atoms. The largest absolute Gasteiger partial charge is 0.360 e. The predicted molar refractivity (Wildman–Crippen MR) is 99.6 cm³/mol. The third-order valence-electron chi connectivity index (χ3n) is 4.39. The van der Waals surface area contributed by atoms with Gasteiger partial charge in [0.2, 0.25) is 5.91 Å². The first-order valence-corrected chi connectivity index (χ1v) is 9.70. The number of carbonyl (C=O) groups excluding carboxylic acids is 1. The molecule has 0 radical (unpaired) electrons. The lowest BCUT2D eigenvalue weighted by Crippen LogP contribution is -2.48. The Morgan fingerprint density at radius 3 is 2.52 bits per heavy atom. The number of hydrogen-bond acceptors (Lipinski definition) is 5. The van der Waals surface area contributed by atoms with Gasteiger partial charge in [-0.05, 0) is 26.0 Å². The highest BCUT2D eigenvalue weighted by Gasteiger charge is 2.21. The summed E-state index contributed by atoms with van der Waals surface area (Å²) in [5, 5.41) is 3.92. The summed E-state index contributed by atoms with van der Waals surface area (Å²) < 4.78 is 5.27. The number of rotatable bonds is 6. The van der Waals surface area contributed by atoms with Gasteiger partial charge in [0, 0.05) is 49.3 Å². The van der Waals surface area contributed by atoms with Crippen molar-refractivity contribution in [3.05, 3.63) is 47.3 Å². The molecule has 1 fully saturated rings. The van der Waals surface area contributed by atoms with Crippen molar-refractivity contribution >= 4 is 17.7 Å². The molecule has 3 rings (SSSR count). The first-order chi connectivity index (χ1) is 12.1. The Bertz CT molecular complexity index is 691. The lowest BCUT2D eigenvalue weighted by atomic mass is 10.2. The Morgan fingerprint density at radius 1 is 1.16 bits per heavy atom. The maximum Gasteiger partial charge on any atom is 0.223 e. The third-order valence-corrected chi connectivity index (χ3v) is 5.40. The fourth-order valence-electron chi connectivity index (χ4n) is 2.92. The van der Waals surface area contributed by atoms with Crippen molar-refractivity contribution in [1.29, 1.82) is 0 Å². The van der Waals surface area contributed by atoms with Crippen LogP contribution in [0.15, 0.2) is 39.8 Å². The van der Waals surface area contributed by atoms with E-state index in [1.54, 1.807) is 11.8 Å². The number of aryl methyl sites for hydroxylation is 2. The number of aromatic nitrogens is 1. The van der Waals surface area contributed by atoms with E-state index in [1.807, 2.05) is 17.9 Å². The van der Waals surface area contributed by atoms with Crippen molar-refractivity contribution in [2.75, 3.05) is 31.9 Å². The van der Waals surface area contributed by atoms with Crippen LogP contribution in [0.4, 0.5) is 0 Å². The van der Waals surface area contributed by atoms with Gasteiger partial charge < -0.3 is 9.42 Å². The van der Waals surface area contributed by atoms with Gasteiger partial charge in [-0.15, -0.1) is 11.8 Å². The third kappa shape index (κ3) is 5.34. The van der Waals surface area contributed by atoms with Gasteiger partial charge in [0.1, 0.15) is 0 Å². The number of piperazine rings is 1. The van der Waals surface area contributed by atoms with Crippen LogP contribution in [-0.2, 0) is 11.3 Å². The molecule has 0 saturated carbocycles. The summed E-state index contributed by atoms with van der Waals surface area (Å²) in [7, 11) is 0. The van der Waals surface area contributed by atoms with E-state index in [0.717, 1.165) is 49.9 Å².